The van der Waals surface area contributed by atoms with Crippen LogP contribution >= 0.6 is 0 Å². The van der Waals surface area contributed by atoms with Crippen molar-refractivity contribution in [1.29, 1.82) is 0 Å². The highest BCUT2D eigenvalue weighted by atomic mass is 16.6. The van der Waals surface area contributed by atoms with Crippen LogP contribution in [0.2, 0.25) is 0 Å². The molecule has 1 saturated heterocycles. The summed E-state index contributed by atoms with van der Waals surface area (Å²) in [6, 6.07) is 6.55. The lowest BCUT2D eigenvalue weighted by molar-refractivity contribution is -0.00614. The molecule has 1 aromatic carbocycles. The zero-order valence-electron chi connectivity index (χ0n) is 15.5. The number of aryl methyl sites for hydroxylation is 2. The van der Waals surface area contributed by atoms with Crippen molar-refractivity contribution >= 4 is 17.1 Å². The number of likely N-dealkylation sites (tertiary alicyclic amines) is 1. The standard InChI is InChI=1S/C19H27N3O3/c1-5-18-20-14-11-13(3)7-8-15(14)22(18)16-9-10-21(12-17(16)24-4)19(23)25-6-2/h7-8,11,16-17H,5-6,9-10,12H2,1-4H3/t16?,17-/m1/s1. The molecule has 6 heteroatoms. The molecule has 1 fully saturated rings. The Hall–Kier alpha value is -2.08. The van der Waals surface area contributed by atoms with E-state index in [4.69, 9.17) is 14.5 Å². The number of amides is 1. The minimum absolute atomic E-state index is 0.0813. The van der Waals surface area contributed by atoms with Gasteiger partial charge < -0.3 is 18.9 Å². The number of methoxy groups -OCH3 is 1. The van der Waals surface area contributed by atoms with Crippen LogP contribution < -0.4 is 0 Å². The van der Waals surface area contributed by atoms with E-state index in [-0.39, 0.29) is 18.2 Å². The van der Waals surface area contributed by atoms with Gasteiger partial charge in [0.25, 0.3) is 0 Å². The number of nitrogens with zero attached hydrogens (tertiary/aromatic N) is 3. The van der Waals surface area contributed by atoms with Crippen LogP contribution in [0.3, 0.4) is 0 Å². The second-order valence-corrected chi connectivity index (χ2v) is 6.52. The summed E-state index contributed by atoms with van der Waals surface area (Å²) in [5, 5.41) is 0. The van der Waals surface area contributed by atoms with Crippen molar-refractivity contribution in [3.8, 4) is 0 Å². The molecule has 0 spiro atoms. The van der Waals surface area contributed by atoms with Crippen molar-refractivity contribution < 1.29 is 14.3 Å². The first-order chi connectivity index (χ1) is 12.1. The van der Waals surface area contributed by atoms with E-state index in [9.17, 15) is 4.79 Å². The van der Waals surface area contributed by atoms with Gasteiger partial charge in [-0.1, -0.05) is 13.0 Å². The van der Waals surface area contributed by atoms with Gasteiger partial charge in [0.2, 0.25) is 0 Å². The maximum atomic E-state index is 12.1. The summed E-state index contributed by atoms with van der Waals surface area (Å²) in [7, 11) is 1.71. The molecule has 2 atom stereocenters. The first-order valence-electron chi connectivity index (χ1n) is 9.01. The molecule has 1 aromatic heterocycles. The first-order valence-corrected chi connectivity index (χ1v) is 9.01. The second kappa shape index (κ2) is 7.44. The molecular weight excluding hydrogens is 318 g/mol. The number of hydrogen-bond acceptors (Lipinski definition) is 4. The van der Waals surface area contributed by atoms with Crippen LogP contribution in [0.5, 0.6) is 0 Å². The summed E-state index contributed by atoms with van der Waals surface area (Å²) in [5.41, 5.74) is 3.37. The van der Waals surface area contributed by atoms with Crippen LogP contribution in [-0.4, -0.2) is 53.5 Å². The van der Waals surface area contributed by atoms with Crippen molar-refractivity contribution in [2.75, 3.05) is 26.8 Å². The van der Waals surface area contributed by atoms with E-state index in [1.807, 2.05) is 6.92 Å². The molecule has 6 nitrogen and oxygen atoms in total. The molecule has 136 valence electrons. The number of hydrogen-bond donors (Lipinski definition) is 0. The predicted octanol–water partition coefficient (Wildman–Crippen LogP) is 3.33. The van der Waals surface area contributed by atoms with Crippen LogP contribution in [0.4, 0.5) is 4.79 Å². The van der Waals surface area contributed by atoms with Gasteiger partial charge in [-0.3, -0.25) is 0 Å². The van der Waals surface area contributed by atoms with Gasteiger partial charge in [0.05, 0.1) is 36.3 Å². The van der Waals surface area contributed by atoms with Crippen molar-refractivity contribution in [3.63, 3.8) is 0 Å². The number of ether oxygens (including phenoxy) is 2. The summed E-state index contributed by atoms with van der Waals surface area (Å²) < 4.78 is 13.2. The third-order valence-electron chi connectivity index (χ3n) is 4.92. The molecule has 1 unspecified atom stereocenters. The number of piperidine rings is 1. The van der Waals surface area contributed by atoms with E-state index >= 15 is 0 Å². The third kappa shape index (κ3) is 3.35. The molecule has 0 radical (unpaired) electrons. The average molecular weight is 345 g/mol. The molecule has 1 amide bonds. The average Bonchev–Trinajstić information content (AvgIpc) is 2.98. The van der Waals surface area contributed by atoms with E-state index in [0.29, 0.717) is 19.7 Å². The Kier molecular flexibility index (Phi) is 5.27. The SMILES string of the molecule is CCOC(=O)N1CCC(n2c(CC)nc3cc(C)ccc32)[C@H](OC)C1. The minimum Gasteiger partial charge on any atom is -0.450 e. The highest BCUT2D eigenvalue weighted by Gasteiger charge is 2.35. The van der Waals surface area contributed by atoms with Crippen molar-refractivity contribution in [3.05, 3.63) is 29.6 Å². The summed E-state index contributed by atoms with van der Waals surface area (Å²) >= 11 is 0. The number of carbonyl (C=O) groups excluding carboxylic acids is 1. The zero-order chi connectivity index (χ0) is 18.0. The van der Waals surface area contributed by atoms with E-state index in [1.54, 1.807) is 12.0 Å². The molecule has 0 saturated carbocycles. The van der Waals surface area contributed by atoms with Gasteiger partial charge in [0.15, 0.2) is 0 Å². The van der Waals surface area contributed by atoms with Crippen LogP contribution in [0.25, 0.3) is 11.0 Å². The number of fused-ring (bicyclic) bond motifs is 1. The maximum absolute atomic E-state index is 12.1. The number of benzene rings is 1. The summed E-state index contributed by atoms with van der Waals surface area (Å²) in [5.74, 6) is 1.07. The van der Waals surface area contributed by atoms with Gasteiger partial charge in [-0.05, 0) is 38.0 Å². The number of rotatable bonds is 4. The van der Waals surface area contributed by atoms with Gasteiger partial charge in [-0.2, -0.15) is 0 Å². The fraction of sp³-hybridized carbons (Fsp3) is 0.579. The predicted molar refractivity (Wildman–Crippen MR) is 96.9 cm³/mol. The smallest absolute Gasteiger partial charge is 0.409 e. The Labute approximate surface area is 148 Å². The highest BCUT2D eigenvalue weighted by Crippen LogP contribution is 2.31. The lowest BCUT2D eigenvalue weighted by Gasteiger charge is -2.38. The normalized spacial score (nSPS) is 20.9. The Bertz CT molecular complexity index is 756. The monoisotopic (exact) mass is 345 g/mol. The molecule has 1 aliphatic rings. The van der Waals surface area contributed by atoms with E-state index in [2.05, 4.69) is 36.6 Å². The highest BCUT2D eigenvalue weighted by molar-refractivity contribution is 5.77. The van der Waals surface area contributed by atoms with Crippen LogP contribution in [0.15, 0.2) is 18.2 Å². The van der Waals surface area contributed by atoms with E-state index < -0.39 is 0 Å². The molecule has 2 aromatic rings. The van der Waals surface area contributed by atoms with E-state index in [0.717, 1.165) is 29.7 Å². The minimum atomic E-state index is -0.259. The van der Waals surface area contributed by atoms with Crippen LogP contribution in [0.1, 0.15) is 37.7 Å². The lowest BCUT2D eigenvalue weighted by atomic mass is 10.0. The fourth-order valence-electron chi connectivity index (χ4n) is 3.69. The Balaban J connectivity index is 1.93. The van der Waals surface area contributed by atoms with Crippen LogP contribution in [-0.2, 0) is 15.9 Å². The van der Waals surface area contributed by atoms with Crippen molar-refractivity contribution in [2.45, 2.75) is 45.8 Å². The molecular formula is C19H27N3O3. The van der Waals surface area contributed by atoms with Gasteiger partial charge in [0.1, 0.15) is 5.82 Å². The number of carbonyl (C=O) groups is 1. The van der Waals surface area contributed by atoms with Crippen molar-refractivity contribution in [2.24, 2.45) is 0 Å². The Morgan fingerprint density at radius 2 is 2.16 bits per heavy atom. The number of imidazole rings is 1. The molecule has 25 heavy (non-hydrogen) atoms. The second-order valence-electron chi connectivity index (χ2n) is 6.52. The summed E-state index contributed by atoms with van der Waals surface area (Å²) in [6.07, 6.45) is 1.35. The molecule has 0 aliphatic carbocycles. The number of aromatic nitrogens is 2. The van der Waals surface area contributed by atoms with Gasteiger partial charge >= 0.3 is 6.09 Å². The molecule has 3 rings (SSSR count). The first kappa shape index (κ1) is 17.7. The molecule has 0 N–H and O–H groups in total. The third-order valence-corrected chi connectivity index (χ3v) is 4.92. The summed E-state index contributed by atoms with van der Waals surface area (Å²) in [6.45, 7) is 7.63. The van der Waals surface area contributed by atoms with Crippen molar-refractivity contribution in [1.82, 2.24) is 14.5 Å². The largest absolute Gasteiger partial charge is 0.450 e. The Morgan fingerprint density at radius 1 is 1.36 bits per heavy atom. The van der Waals surface area contributed by atoms with Gasteiger partial charge in [-0.25, -0.2) is 9.78 Å². The zero-order valence-corrected chi connectivity index (χ0v) is 15.5. The molecule has 2 heterocycles. The van der Waals surface area contributed by atoms with Crippen LogP contribution in [0, 0.1) is 6.92 Å². The fourth-order valence-corrected chi connectivity index (χ4v) is 3.69. The van der Waals surface area contributed by atoms with Gasteiger partial charge in [-0.15, -0.1) is 0 Å². The molecule has 0 bridgehead atoms. The van der Waals surface area contributed by atoms with Gasteiger partial charge in [0, 0.05) is 20.1 Å². The maximum Gasteiger partial charge on any atom is 0.409 e. The topological polar surface area (TPSA) is 56.6 Å². The molecule has 1 aliphatic heterocycles. The quantitative estimate of drug-likeness (QED) is 0.853. The van der Waals surface area contributed by atoms with E-state index in [1.165, 1.54) is 5.56 Å². The summed E-state index contributed by atoms with van der Waals surface area (Å²) in [4.78, 5) is 18.6. The lowest BCUT2D eigenvalue weighted by Crippen LogP contribution is -2.48. The Morgan fingerprint density at radius 3 is 2.84 bits per heavy atom.